The standard InChI is InChI=1S/C34H37ClFN7O3S/c35-25-7-5-24(27(36)18-25)21-46-32-4-1-3-28(38-32)22-9-12-42(13-10-22)20-31-37-29-17-23(33-39-34(41-40-33)47-16-2-14-44)6-8-30(29)43(31)19-26-11-15-45-26/h1,3-8,17-18,22,26,44H,2,9-16,19-21H2,(H,39,40,41)/t26-/m0/s1. The fourth-order valence-corrected chi connectivity index (χ4v) is 6.95. The first-order chi connectivity index (χ1) is 23.0. The first kappa shape index (κ1) is 32.0. The molecule has 0 aliphatic carbocycles. The van der Waals surface area contributed by atoms with Gasteiger partial charge >= 0.3 is 0 Å². The number of aliphatic hydroxyl groups is 1. The molecule has 3 aromatic heterocycles. The van der Waals surface area contributed by atoms with Crippen molar-refractivity contribution in [2.24, 2.45) is 0 Å². The van der Waals surface area contributed by atoms with E-state index in [0.29, 0.717) is 39.8 Å². The number of likely N-dealkylation sites (tertiary alicyclic amines) is 1. The van der Waals surface area contributed by atoms with E-state index in [9.17, 15) is 4.39 Å². The smallest absolute Gasteiger partial charge is 0.213 e. The number of nitrogens with one attached hydrogen (secondary N) is 1. The Hall–Kier alpha value is -3.55. The Kier molecular flexibility index (Phi) is 10.0. The number of halogens is 2. The number of aliphatic hydroxyl groups excluding tert-OH is 1. The van der Waals surface area contributed by atoms with E-state index in [1.165, 1.54) is 17.8 Å². The quantitative estimate of drug-likeness (QED) is 0.111. The molecule has 5 heterocycles. The fourth-order valence-electron chi connectivity index (χ4n) is 6.07. The zero-order valence-electron chi connectivity index (χ0n) is 25.9. The molecule has 0 saturated carbocycles. The van der Waals surface area contributed by atoms with Crippen LogP contribution in [0, 0.1) is 5.82 Å². The van der Waals surface area contributed by atoms with Gasteiger partial charge in [-0.2, -0.15) is 0 Å². The van der Waals surface area contributed by atoms with Gasteiger partial charge in [0.05, 0.1) is 30.2 Å². The molecule has 2 aromatic carbocycles. The molecular formula is C34H37ClFN7O3S. The first-order valence-corrected chi connectivity index (χ1v) is 17.4. The lowest BCUT2D eigenvalue weighted by atomic mass is 9.93. The molecule has 13 heteroatoms. The van der Waals surface area contributed by atoms with E-state index in [1.807, 2.05) is 12.1 Å². The summed E-state index contributed by atoms with van der Waals surface area (Å²) in [5.41, 5.74) is 4.40. The monoisotopic (exact) mass is 677 g/mol. The summed E-state index contributed by atoms with van der Waals surface area (Å²) in [4.78, 5) is 17.0. The average molecular weight is 678 g/mol. The van der Waals surface area contributed by atoms with Crippen LogP contribution >= 0.6 is 23.4 Å². The normalized spacial score (nSPS) is 17.3. The number of thioether (sulfide) groups is 1. The molecule has 0 unspecified atom stereocenters. The fraction of sp³-hybridized carbons (Fsp3) is 0.412. The number of piperidine rings is 1. The number of hydrogen-bond acceptors (Lipinski definition) is 9. The Labute approximate surface area is 281 Å². The summed E-state index contributed by atoms with van der Waals surface area (Å²) in [6, 6.07) is 16.7. The molecule has 10 nitrogen and oxygen atoms in total. The lowest BCUT2D eigenvalue weighted by Crippen LogP contribution is -2.35. The number of rotatable bonds is 13. The van der Waals surface area contributed by atoms with Gasteiger partial charge in [0, 0.05) is 52.8 Å². The second kappa shape index (κ2) is 14.7. The third-order valence-corrected chi connectivity index (χ3v) is 9.95. The summed E-state index contributed by atoms with van der Waals surface area (Å²) in [5, 5.41) is 17.5. The summed E-state index contributed by atoms with van der Waals surface area (Å²) in [6.45, 7) is 4.45. The molecule has 5 aromatic rings. The minimum atomic E-state index is -0.385. The van der Waals surface area contributed by atoms with E-state index in [-0.39, 0.29) is 25.1 Å². The molecule has 0 radical (unpaired) electrons. The Morgan fingerprint density at radius 2 is 1.94 bits per heavy atom. The number of hydrogen-bond donors (Lipinski definition) is 2. The van der Waals surface area contributed by atoms with Crippen molar-refractivity contribution >= 4 is 34.4 Å². The molecule has 2 aliphatic heterocycles. The molecule has 2 fully saturated rings. The van der Waals surface area contributed by atoms with Gasteiger partial charge in [0.2, 0.25) is 11.0 Å². The van der Waals surface area contributed by atoms with Crippen LogP contribution in [0.1, 0.15) is 48.7 Å². The zero-order chi connectivity index (χ0) is 32.2. The van der Waals surface area contributed by atoms with Crippen LogP contribution in [0.4, 0.5) is 4.39 Å². The second-order valence-electron chi connectivity index (χ2n) is 12.0. The summed E-state index contributed by atoms with van der Waals surface area (Å²) >= 11 is 7.40. The molecule has 7 rings (SSSR count). The van der Waals surface area contributed by atoms with Crippen LogP contribution in [-0.4, -0.2) is 77.9 Å². The lowest BCUT2D eigenvalue weighted by molar-refractivity contribution is -0.0592. The number of H-pyrrole nitrogens is 1. The van der Waals surface area contributed by atoms with Crippen LogP contribution in [0.2, 0.25) is 5.02 Å². The topological polar surface area (TPSA) is 114 Å². The van der Waals surface area contributed by atoms with Gasteiger partial charge in [-0.05, 0) is 75.2 Å². The van der Waals surface area contributed by atoms with E-state index in [2.05, 4.69) is 48.9 Å². The molecule has 246 valence electrons. The Morgan fingerprint density at radius 3 is 2.72 bits per heavy atom. The predicted molar refractivity (Wildman–Crippen MR) is 179 cm³/mol. The number of aromatic nitrogens is 6. The second-order valence-corrected chi connectivity index (χ2v) is 13.5. The third kappa shape index (κ3) is 7.62. The van der Waals surface area contributed by atoms with Crippen molar-refractivity contribution in [2.45, 2.75) is 62.6 Å². The van der Waals surface area contributed by atoms with Crippen molar-refractivity contribution in [1.82, 2.24) is 34.6 Å². The van der Waals surface area contributed by atoms with Crippen molar-refractivity contribution in [2.75, 3.05) is 32.1 Å². The highest BCUT2D eigenvalue weighted by Gasteiger charge is 2.26. The number of benzene rings is 2. The van der Waals surface area contributed by atoms with Crippen molar-refractivity contribution in [3.05, 3.63) is 82.5 Å². The van der Waals surface area contributed by atoms with Gasteiger partial charge in [0.1, 0.15) is 18.2 Å². The van der Waals surface area contributed by atoms with Crippen molar-refractivity contribution < 1.29 is 19.0 Å². The molecule has 1 atom stereocenters. The average Bonchev–Trinajstić information content (AvgIpc) is 3.67. The van der Waals surface area contributed by atoms with Gasteiger partial charge < -0.3 is 19.1 Å². The maximum Gasteiger partial charge on any atom is 0.213 e. The van der Waals surface area contributed by atoms with Crippen LogP contribution in [0.5, 0.6) is 5.88 Å². The first-order valence-electron chi connectivity index (χ1n) is 16.1. The molecule has 0 bridgehead atoms. The Bertz CT molecular complexity index is 1820. The van der Waals surface area contributed by atoms with E-state index >= 15 is 0 Å². The largest absolute Gasteiger partial charge is 0.473 e. The van der Waals surface area contributed by atoms with Crippen LogP contribution in [0.25, 0.3) is 22.4 Å². The van der Waals surface area contributed by atoms with E-state index in [4.69, 9.17) is 36.1 Å². The lowest BCUT2D eigenvalue weighted by Gasteiger charge is -2.32. The van der Waals surface area contributed by atoms with Gasteiger partial charge in [-0.1, -0.05) is 35.5 Å². The highest BCUT2D eigenvalue weighted by atomic mass is 35.5. The Morgan fingerprint density at radius 1 is 1.06 bits per heavy atom. The van der Waals surface area contributed by atoms with Crippen LogP contribution in [0.3, 0.4) is 0 Å². The van der Waals surface area contributed by atoms with Crippen LogP contribution in [0.15, 0.2) is 59.8 Å². The van der Waals surface area contributed by atoms with Crippen molar-refractivity contribution in [3.63, 3.8) is 0 Å². The number of fused-ring (bicyclic) bond motifs is 1. The number of nitrogens with zero attached hydrogens (tertiary/aromatic N) is 6. The van der Waals surface area contributed by atoms with Gasteiger partial charge in [0.25, 0.3) is 0 Å². The SMILES string of the molecule is OCCCSc1n[nH]c(-c2ccc3c(c2)nc(CN2CCC(c4cccc(OCc5ccc(Cl)cc5F)n4)CC2)n3C[C@@H]2CCO2)n1. The number of pyridine rings is 1. The maximum absolute atomic E-state index is 14.2. The summed E-state index contributed by atoms with van der Waals surface area (Å²) in [6.07, 6.45) is 3.92. The zero-order valence-corrected chi connectivity index (χ0v) is 27.5. The minimum absolute atomic E-state index is 0.0935. The Balaban J connectivity index is 1.01. The molecule has 0 spiro atoms. The molecule has 2 aliphatic rings. The molecule has 2 saturated heterocycles. The van der Waals surface area contributed by atoms with E-state index < -0.39 is 0 Å². The molecule has 0 amide bonds. The summed E-state index contributed by atoms with van der Waals surface area (Å²) < 4.78 is 28.2. The minimum Gasteiger partial charge on any atom is -0.473 e. The molecule has 2 N–H and O–H groups in total. The van der Waals surface area contributed by atoms with Gasteiger partial charge in [-0.25, -0.2) is 19.3 Å². The van der Waals surface area contributed by atoms with Gasteiger partial charge in [-0.3, -0.25) is 10.00 Å². The van der Waals surface area contributed by atoms with Crippen LogP contribution in [-0.2, 0) is 24.4 Å². The predicted octanol–water partition coefficient (Wildman–Crippen LogP) is 6.23. The highest BCUT2D eigenvalue weighted by molar-refractivity contribution is 7.99. The highest BCUT2D eigenvalue weighted by Crippen LogP contribution is 2.31. The summed E-state index contributed by atoms with van der Waals surface area (Å²) in [5.74, 6) is 2.94. The van der Waals surface area contributed by atoms with Gasteiger partial charge in [-0.15, -0.1) is 5.10 Å². The van der Waals surface area contributed by atoms with Crippen LogP contribution < -0.4 is 4.74 Å². The number of aromatic amines is 1. The number of imidazole rings is 1. The van der Waals surface area contributed by atoms with E-state index in [1.54, 1.807) is 12.1 Å². The molecular weight excluding hydrogens is 641 g/mol. The molecule has 47 heavy (non-hydrogen) atoms. The van der Waals surface area contributed by atoms with Crippen molar-refractivity contribution in [1.29, 1.82) is 0 Å². The number of ether oxygens (including phenoxy) is 2. The maximum atomic E-state index is 14.2. The van der Waals surface area contributed by atoms with E-state index in [0.717, 1.165) is 85.9 Å². The summed E-state index contributed by atoms with van der Waals surface area (Å²) in [7, 11) is 0. The third-order valence-electron chi connectivity index (χ3n) is 8.79. The van der Waals surface area contributed by atoms with Crippen molar-refractivity contribution in [3.8, 4) is 17.3 Å². The van der Waals surface area contributed by atoms with Gasteiger partial charge in [0.15, 0.2) is 5.82 Å².